The second kappa shape index (κ2) is 9.60. The molecule has 1 atom stereocenters. The van der Waals surface area contributed by atoms with Crippen LogP contribution in [-0.4, -0.2) is 42.5 Å². The number of amides is 2. The predicted molar refractivity (Wildman–Crippen MR) is 101 cm³/mol. The largest absolute Gasteiger partial charge is 0.492 e. The molecule has 1 aromatic rings. The van der Waals surface area contributed by atoms with E-state index in [0.29, 0.717) is 38.6 Å². The maximum absolute atomic E-state index is 12.5. The molecule has 1 saturated heterocycles. The van der Waals surface area contributed by atoms with Gasteiger partial charge in [-0.1, -0.05) is 43.9 Å². The van der Waals surface area contributed by atoms with E-state index in [-0.39, 0.29) is 17.7 Å². The molecular weight excluding hydrogens is 328 g/mol. The number of nitrogens with zero attached hydrogens (tertiary/aromatic N) is 1. The molecule has 2 aliphatic rings. The highest BCUT2D eigenvalue weighted by Gasteiger charge is 2.34. The molecule has 1 heterocycles. The van der Waals surface area contributed by atoms with Crippen molar-refractivity contribution >= 4 is 11.8 Å². The Morgan fingerprint density at radius 3 is 2.54 bits per heavy atom. The Labute approximate surface area is 156 Å². The van der Waals surface area contributed by atoms with Crippen molar-refractivity contribution < 1.29 is 14.3 Å². The van der Waals surface area contributed by atoms with Crippen molar-refractivity contribution in [3.05, 3.63) is 30.3 Å². The maximum Gasteiger partial charge on any atom is 0.225 e. The van der Waals surface area contributed by atoms with Gasteiger partial charge in [-0.3, -0.25) is 9.59 Å². The van der Waals surface area contributed by atoms with Crippen molar-refractivity contribution in [2.24, 2.45) is 5.92 Å². The molecule has 1 aromatic carbocycles. The number of ether oxygens (including phenoxy) is 1. The summed E-state index contributed by atoms with van der Waals surface area (Å²) in [5, 5.41) is 2.97. The first-order chi connectivity index (χ1) is 12.7. The lowest BCUT2D eigenvalue weighted by Gasteiger charge is -2.37. The summed E-state index contributed by atoms with van der Waals surface area (Å²) in [6.07, 6.45) is 8.26. The van der Waals surface area contributed by atoms with E-state index >= 15 is 0 Å². The Bertz CT molecular complexity index is 582. The number of rotatable bonds is 6. The molecular formula is C21H30N2O3. The van der Waals surface area contributed by atoms with Gasteiger partial charge in [0.25, 0.3) is 0 Å². The van der Waals surface area contributed by atoms with Crippen LogP contribution < -0.4 is 10.1 Å². The van der Waals surface area contributed by atoms with Crippen LogP contribution in [0.4, 0.5) is 0 Å². The van der Waals surface area contributed by atoms with Crippen molar-refractivity contribution in [3.63, 3.8) is 0 Å². The van der Waals surface area contributed by atoms with Gasteiger partial charge in [-0.15, -0.1) is 0 Å². The lowest BCUT2D eigenvalue weighted by atomic mass is 9.93. The summed E-state index contributed by atoms with van der Waals surface area (Å²) < 4.78 is 5.61. The Morgan fingerprint density at radius 1 is 1.08 bits per heavy atom. The number of hydrogen-bond acceptors (Lipinski definition) is 3. The van der Waals surface area contributed by atoms with E-state index in [1.807, 2.05) is 35.2 Å². The summed E-state index contributed by atoms with van der Waals surface area (Å²) in [6.45, 7) is 1.52. The number of likely N-dealkylation sites (tertiary alicyclic amines) is 1. The van der Waals surface area contributed by atoms with Crippen LogP contribution in [0.5, 0.6) is 5.75 Å². The van der Waals surface area contributed by atoms with Gasteiger partial charge in [-0.05, 0) is 31.4 Å². The highest BCUT2D eigenvalue weighted by molar-refractivity contribution is 5.84. The number of piperidine rings is 1. The van der Waals surface area contributed by atoms with Crippen LogP contribution in [-0.2, 0) is 9.59 Å². The minimum Gasteiger partial charge on any atom is -0.492 e. The average Bonchev–Trinajstić information content (AvgIpc) is 2.95. The summed E-state index contributed by atoms with van der Waals surface area (Å²) >= 11 is 0. The topological polar surface area (TPSA) is 58.6 Å². The number of carbonyl (C=O) groups is 2. The molecule has 1 aliphatic heterocycles. The maximum atomic E-state index is 12.5. The monoisotopic (exact) mass is 358 g/mol. The second-order valence-electron chi connectivity index (χ2n) is 7.38. The molecule has 2 fully saturated rings. The van der Waals surface area contributed by atoms with Crippen molar-refractivity contribution in [2.75, 3.05) is 19.7 Å². The lowest BCUT2D eigenvalue weighted by Crippen LogP contribution is -2.50. The molecule has 5 heteroatoms. The second-order valence-corrected chi connectivity index (χ2v) is 7.38. The van der Waals surface area contributed by atoms with Crippen LogP contribution in [0.2, 0.25) is 0 Å². The van der Waals surface area contributed by atoms with Crippen molar-refractivity contribution in [1.29, 1.82) is 0 Å². The standard InChI is InChI=1S/C21H30N2O3/c24-20-13-12-17(16-23(20)18-8-4-1-2-5-9-18)21(25)22-14-15-26-19-10-6-3-7-11-19/h3,6-7,10-11,17-18H,1-2,4-5,8-9,12-16H2,(H,22,25)/t17-/m1/s1. The Kier molecular flexibility index (Phi) is 6.92. The third kappa shape index (κ3) is 5.23. The van der Waals surface area contributed by atoms with Gasteiger partial charge in [0.1, 0.15) is 12.4 Å². The van der Waals surface area contributed by atoms with E-state index in [2.05, 4.69) is 5.32 Å². The Morgan fingerprint density at radius 2 is 1.81 bits per heavy atom. The van der Waals surface area contributed by atoms with Crippen molar-refractivity contribution in [3.8, 4) is 5.75 Å². The fraction of sp³-hybridized carbons (Fsp3) is 0.619. The first-order valence-corrected chi connectivity index (χ1v) is 9.99. The van der Waals surface area contributed by atoms with Crippen molar-refractivity contribution in [1.82, 2.24) is 10.2 Å². The summed E-state index contributed by atoms with van der Waals surface area (Å²) in [6, 6.07) is 9.93. The minimum atomic E-state index is -0.0901. The smallest absolute Gasteiger partial charge is 0.225 e. The molecule has 0 unspecified atom stereocenters. The fourth-order valence-corrected chi connectivity index (χ4v) is 4.01. The first-order valence-electron chi connectivity index (χ1n) is 9.99. The van der Waals surface area contributed by atoms with Crippen LogP contribution in [0, 0.1) is 5.92 Å². The zero-order valence-corrected chi connectivity index (χ0v) is 15.5. The molecule has 2 amide bonds. The predicted octanol–water partition coefficient (Wildman–Crippen LogP) is 3.14. The quantitative estimate of drug-likeness (QED) is 0.628. The average molecular weight is 358 g/mol. The molecule has 0 radical (unpaired) electrons. The van der Waals surface area contributed by atoms with E-state index in [0.717, 1.165) is 18.6 Å². The normalized spacial score (nSPS) is 21.9. The van der Waals surface area contributed by atoms with Crippen LogP contribution in [0.25, 0.3) is 0 Å². The van der Waals surface area contributed by atoms with Gasteiger partial charge >= 0.3 is 0 Å². The number of hydrogen-bond donors (Lipinski definition) is 1. The lowest BCUT2D eigenvalue weighted by molar-refractivity contribution is -0.141. The number of para-hydroxylation sites is 1. The number of nitrogens with one attached hydrogen (secondary N) is 1. The van der Waals surface area contributed by atoms with Crippen LogP contribution >= 0.6 is 0 Å². The van der Waals surface area contributed by atoms with Gasteiger partial charge in [0.05, 0.1) is 12.5 Å². The summed E-state index contributed by atoms with van der Waals surface area (Å²) in [5.41, 5.74) is 0. The highest BCUT2D eigenvalue weighted by atomic mass is 16.5. The van der Waals surface area contributed by atoms with Gasteiger partial charge in [-0.25, -0.2) is 0 Å². The summed E-state index contributed by atoms with van der Waals surface area (Å²) in [5.74, 6) is 0.998. The van der Waals surface area contributed by atoms with Gasteiger partial charge in [0.2, 0.25) is 11.8 Å². The van der Waals surface area contributed by atoms with E-state index in [1.165, 1.54) is 25.7 Å². The van der Waals surface area contributed by atoms with Gasteiger partial charge < -0.3 is 15.0 Å². The molecule has 0 aromatic heterocycles. The SMILES string of the molecule is O=C(NCCOc1ccccc1)[C@@H]1CCC(=O)N(C2CCCCCC2)C1. The fourth-order valence-electron chi connectivity index (χ4n) is 4.01. The third-order valence-corrected chi connectivity index (χ3v) is 5.49. The van der Waals surface area contributed by atoms with Crippen LogP contribution in [0.15, 0.2) is 30.3 Å². The molecule has 1 aliphatic carbocycles. The summed E-state index contributed by atoms with van der Waals surface area (Å²) in [4.78, 5) is 26.9. The Hall–Kier alpha value is -2.04. The van der Waals surface area contributed by atoms with Crippen molar-refractivity contribution in [2.45, 2.75) is 57.4 Å². The number of carbonyl (C=O) groups excluding carboxylic acids is 2. The van der Waals surface area contributed by atoms with Gasteiger partial charge in [0.15, 0.2) is 0 Å². The minimum absolute atomic E-state index is 0.0489. The molecule has 0 spiro atoms. The van der Waals surface area contributed by atoms with Gasteiger partial charge in [-0.2, -0.15) is 0 Å². The van der Waals surface area contributed by atoms with E-state index in [9.17, 15) is 9.59 Å². The molecule has 26 heavy (non-hydrogen) atoms. The number of benzene rings is 1. The third-order valence-electron chi connectivity index (χ3n) is 5.49. The van der Waals surface area contributed by atoms with Crippen LogP contribution in [0.1, 0.15) is 51.4 Å². The van der Waals surface area contributed by atoms with E-state index in [1.54, 1.807) is 0 Å². The zero-order chi connectivity index (χ0) is 18.2. The zero-order valence-electron chi connectivity index (χ0n) is 15.5. The molecule has 142 valence electrons. The highest BCUT2D eigenvalue weighted by Crippen LogP contribution is 2.27. The van der Waals surface area contributed by atoms with Crippen LogP contribution in [0.3, 0.4) is 0 Å². The van der Waals surface area contributed by atoms with Gasteiger partial charge in [0, 0.05) is 19.0 Å². The summed E-state index contributed by atoms with van der Waals surface area (Å²) in [7, 11) is 0. The molecule has 1 saturated carbocycles. The molecule has 3 rings (SSSR count). The first kappa shape index (κ1) is 18.7. The molecule has 5 nitrogen and oxygen atoms in total. The molecule has 0 bridgehead atoms. The Balaban J connectivity index is 1.44. The molecule has 1 N–H and O–H groups in total. The van der Waals surface area contributed by atoms with E-state index < -0.39 is 0 Å². The van der Waals surface area contributed by atoms with E-state index in [4.69, 9.17) is 4.74 Å².